The van der Waals surface area contributed by atoms with E-state index in [1.807, 2.05) is 4.90 Å². The number of hydrogen-bond acceptors (Lipinski definition) is 4. The Morgan fingerprint density at radius 3 is 2.74 bits per heavy atom. The number of rotatable bonds is 7. The van der Waals surface area contributed by atoms with Crippen LogP contribution in [0.1, 0.15) is 33.9 Å². The van der Waals surface area contributed by atoms with Crippen LogP contribution in [0.25, 0.3) is 0 Å². The molecule has 23 heavy (non-hydrogen) atoms. The van der Waals surface area contributed by atoms with Crippen LogP contribution in [0.15, 0.2) is 29.6 Å². The fourth-order valence-electron chi connectivity index (χ4n) is 2.45. The van der Waals surface area contributed by atoms with E-state index in [1.54, 1.807) is 17.5 Å². The van der Waals surface area contributed by atoms with Crippen LogP contribution >= 0.6 is 11.3 Å². The minimum absolute atomic E-state index is 0.0549. The summed E-state index contributed by atoms with van der Waals surface area (Å²) < 4.78 is 13.0. The van der Waals surface area contributed by atoms with Crippen molar-refractivity contribution in [3.63, 3.8) is 0 Å². The van der Waals surface area contributed by atoms with Gasteiger partial charge in [-0.05, 0) is 43.0 Å². The predicted octanol–water partition coefficient (Wildman–Crippen LogP) is 2.84. The van der Waals surface area contributed by atoms with Crippen LogP contribution in [0.2, 0.25) is 0 Å². The van der Waals surface area contributed by atoms with E-state index in [9.17, 15) is 9.18 Å². The molecule has 1 aromatic carbocycles. The first-order chi connectivity index (χ1) is 11.2. The smallest absolute Gasteiger partial charge is 0.273 e. The Balaban J connectivity index is 1.73. The third kappa shape index (κ3) is 4.36. The average Bonchev–Trinajstić information content (AvgIpc) is 3.24. The summed E-state index contributed by atoms with van der Waals surface area (Å²) in [6, 6.07) is 6.31. The number of aromatic nitrogens is 1. The highest BCUT2D eigenvalue weighted by atomic mass is 32.1. The number of halogens is 1. The Bertz CT molecular complexity index is 667. The first kappa shape index (κ1) is 16.1. The molecule has 0 bridgehead atoms. The normalized spacial score (nSPS) is 14.0. The quantitative estimate of drug-likeness (QED) is 0.847. The van der Waals surface area contributed by atoms with Gasteiger partial charge in [0.2, 0.25) is 0 Å². The van der Waals surface area contributed by atoms with Crippen molar-refractivity contribution in [2.24, 2.45) is 11.7 Å². The molecule has 1 fully saturated rings. The van der Waals surface area contributed by atoms with Gasteiger partial charge in [-0.15, -0.1) is 11.3 Å². The highest BCUT2D eigenvalue weighted by Crippen LogP contribution is 2.30. The molecule has 4 nitrogen and oxygen atoms in total. The highest BCUT2D eigenvalue weighted by Gasteiger charge is 2.28. The van der Waals surface area contributed by atoms with Crippen LogP contribution < -0.4 is 5.73 Å². The Kier molecular flexibility index (Phi) is 5.03. The number of hydrogen-bond donors (Lipinski definition) is 1. The molecule has 0 radical (unpaired) electrons. The van der Waals surface area contributed by atoms with Crippen LogP contribution in [-0.4, -0.2) is 28.9 Å². The van der Waals surface area contributed by atoms with Gasteiger partial charge in [0.1, 0.15) is 11.5 Å². The van der Waals surface area contributed by atoms with Crippen LogP contribution in [0.3, 0.4) is 0 Å². The predicted molar refractivity (Wildman–Crippen MR) is 88.7 cm³/mol. The molecule has 0 atom stereocenters. The molecule has 0 unspecified atom stereocenters. The zero-order valence-electron chi connectivity index (χ0n) is 12.9. The summed E-state index contributed by atoms with van der Waals surface area (Å²) in [4.78, 5) is 19.0. The van der Waals surface area contributed by atoms with Crippen LogP contribution in [0, 0.1) is 11.7 Å². The lowest BCUT2D eigenvalue weighted by molar-refractivity contribution is 0.0729. The Morgan fingerprint density at radius 2 is 2.09 bits per heavy atom. The number of benzene rings is 1. The number of amides is 1. The lowest BCUT2D eigenvalue weighted by Crippen LogP contribution is -2.32. The van der Waals surface area contributed by atoms with Crippen molar-refractivity contribution in [1.29, 1.82) is 0 Å². The van der Waals surface area contributed by atoms with Gasteiger partial charge in [-0.3, -0.25) is 4.79 Å². The molecule has 122 valence electrons. The molecule has 3 rings (SSSR count). The van der Waals surface area contributed by atoms with E-state index >= 15 is 0 Å². The van der Waals surface area contributed by atoms with E-state index in [0.29, 0.717) is 31.1 Å². The highest BCUT2D eigenvalue weighted by molar-refractivity contribution is 7.09. The number of thiazole rings is 1. The van der Waals surface area contributed by atoms with Crippen LogP contribution in [-0.2, 0) is 13.0 Å². The summed E-state index contributed by atoms with van der Waals surface area (Å²) in [5, 5.41) is 2.70. The molecule has 1 aliphatic carbocycles. The van der Waals surface area contributed by atoms with Crippen molar-refractivity contribution < 1.29 is 9.18 Å². The summed E-state index contributed by atoms with van der Waals surface area (Å²) in [5.41, 5.74) is 6.95. The molecular weight excluding hydrogens is 313 g/mol. The van der Waals surface area contributed by atoms with Crippen molar-refractivity contribution in [1.82, 2.24) is 9.88 Å². The van der Waals surface area contributed by atoms with Crippen molar-refractivity contribution >= 4 is 17.2 Å². The zero-order chi connectivity index (χ0) is 16.2. The number of carbonyl (C=O) groups excluding carboxylic acids is 1. The van der Waals surface area contributed by atoms with Crippen LogP contribution in [0.5, 0.6) is 0 Å². The third-order valence-electron chi connectivity index (χ3n) is 3.88. The number of nitrogens with two attached hydrogens (primary N) is 1. The van der Waals surface area contributed by atoms with Crippen molar-refractivity contribution in [3.8, 4) is 0 Å². The van der Waals surface area contributed by atoms with Crippen molar-refractivity contribution in [3.05, 3.63) is 51.7 Å². The van der Waals surface area contributed by atoms with Gasteiger partial charge < -0.3 is 10.6 Å². The Morgan fingerprint density at radius 1 is 1.35 bits per heavy atom. The lowest BCUT2D eigenvalue weighted by Gasteiger charge is -2.22. The largest absolute Gasteiger partial charge is 0.333 e. The topological polar surface area (TPSA) is 59.2 Å². The fourth-order valence-corrected chi connectivity index (χ4v) is 3.24. The molecule has 0 spiro atoms. The minimum Gasteiger partial charge on any atom is -0.333 e. The molecule has 1 heterocycles. The molecule has 6 heteroatoms. The second kappa shape index (κ2) is 7.19. The van der Waals surface area contributed by atoms with Gasteiger partial charge in [0.05, 0.1) is 5.01 Å². The van der Waals surface area contributed by atoms with Gasteiger partial charge in [0.15, 0.2) is 0 Å². The van der Waals surface area contributed by atoms with Crippen molar-refractivity contribution in [2.45, 2.75) is 25.8 Å². The molecule has 0 aliphatic heterocycles. The summed E-state index contributed by atoms with van der Waals surface area (Å²) >= 11 is 1.47. The summed E-state index contributed by atoms with van der Waals surface area (Å²) in [7, 11) is 0. The van der Waals surface area contributed by atoms with E-state index in [-0.39, 0.29) is 11.7 Å². The van der Waals surface area contributed by atoms with Gasteiger partial charge >= 0.3 is 0 Å². The van der Waals surface area contributed by atoms with Crippen LogP contribution in [0.4, 0.5) is 4.39 Å². The van der Waals surface area contributed by atoms with E-state index in [1.165, 1.54) is 36.3 Å². The monoisotopic (exact) mass is 333 g/mol. The van der Waals surface area contributed by atoms with Gasteiger partial charge in [-0.1, -0.05) is 12.1 Å². The zero-order valence-corrected chi connectivity index (χ0v) is 13.7. The molecule has 0 saturated heterocycles. The third-order valence-corrected chi connectivity index (χ3v) is 4.79. The lowest BCUT2D eigenvalue weighted by atomic mass is 10.2. The molecule has 1 amide bonds. The van der Waals surface area contributed by atoms with E-state index in [4.69, 9.17) is 5.73 Å². The summed E-state index contributed by atoms with van der Waals surface area (Å²) in [5.74, 6) is 0.266. The summed E-state index contributed by atoms with van der Waals surface area (Å²) in [6.45, 7) is 1.75. The fraction of sp³-hybridized carbons (Fsp3) is 0.412. The van der Waals surface area contributed by atoms with Gasteiger partial charge in [0, 0.05) is 24.9 Å². The second-order valence-corrected chi connectivity index (χ2v) is 6.86. The standard InChI is InChI=1S/C17H20FN3OS/c18-14-5-3-13(4-6-14)10-21(9-12-1-2-12)17(22)15-11-23-16(20-15)7-8-19/h3-6,11-12H,1-2,7-10,19H2. The summed E-state index contributed by atoms with van der Waals surface area (Å²) in [6.07, 6.45) is 3.03. The maximum atomic E-state index is 13.0. The maximum absolute atomic E-state index is 13.0. The molecule has 1 aliphatic rings. The van der Waals surface area contributed by atoms with E-state index in [0.717, 1.165) is 17.1 Å². The van der Waals surface area contributed by atoms with Gasteiger partial charge in [-0.25, -0.2) is 9.37 Å². The number of nitrogens with zero attached hydrogens (tertiary/aromatic N) is 2. The number of carbonyl (C=O) groups is 1. The first-order valence-corrected chi connectivity index (χ1v) is 8.72. The molecule has 1 saturated carbocycles. The van der Waals surface area contributed by atoms with Gasteiger partial charge in [0.25, 0.3) is 5.91 Å². The SMILES string of the molecule is NCCc1nc(C(=O)N(Cc2ccc(F)cc2)CC2CC2)cs1. The molecule has 1 aromatic heterocycles. The first-order valence-electron chi connectivity index (χ1n) is 7.84. The Labute approximate surface area is 139 Å². The van der Waals surface area contributed by atoms with Crippen molar-refractivity contribution in [2.75, 3.05) is 13.1 Å². The average molecular weight is 333 g/mol. The molecular formula is C17H20FN3OS. The van der Waals surface area contributed by atoms with E-state index in [2.05, 4.69) is 4.98 Å². The molecule has 2 aromatic rings. The van der Waals surface area contributed by atoms with Gasteiger partial charge in [-0.2, -0.15) is 0 Å². The molecule has 2 N–H and O–H groups in total. The second-order valence-electron chi connectivity index (χ2n) is 5.92. The van der Waals surface area contributed by atoms with E-state index < -0.39 is 0 Å². The maximum Gasteiger partial charge on any atom is 0.273 e. The minimum atomic E-state index is -0.264. The Hall–Kier alpha value is -1.79.